The summed E-state index contributed by atoms with van der Waals surface area (Å²) < 4.78 is 28.3. The van der Waals surface area contributed by atoms with E-state index in [1.54, 1.807) is 34.8 Å². The van der Waals surface area contributed by atoms with E-state index in [0.717, 1.165) is 12.0 Å². The second-order valence-corrected chi connectivity index (χ2v) is 11.6. The molecule has 0 radical (unpaired) electrons. The van der Waals surface area contributed by atoms with E-state index in [1.165, 1.54) is 0 Å². The van der Waals surface area contributed by atoms with Crippen molar-refractivity contribution in [2.75, 3.05) is 33.5 Å². The summed E-state index contributed by atoms with van der Waals surface area (Å²) in [6.45, 7) is 12.9. The molecule has 1 aromatic carbocycles. The minimum atomic E-state index is -1.06. The Morgan fingerprint density at radius 3 is 2.38 bits per heavy atom. The standard InChI is InChI=1S/C29H47NO9/c1-18(2)21(17-22(23(31)13-19(3)27(32)33)30-28(34)39-29(4,5)6)14-20-15-24(36-10-8-9-35-7)26-25(16-20)37-11-12-38-26/h15-16,18-19,21-23,31H,8-14,17H2,1-7H3,(H,30,34)(H,32,33)/t19-,21+,22+,23+/m1/s1. The fourth-order valence-corrected chi connectivity index (χ4v) is 4.40. The summed E-state index contributed by atoms with van der Waals surface area (Å²) in [5.41, 5.74) is 0.264. The van der Waals surface area contributed by atoms with Crippen molar-refractivity contribution in [1.82, 2.24) is 5.32 Å². The number of methoxy groups -OCH3 is 1. The molecule has 4 atom stereocenters. The van der Waals surface area contributed by atoms with Gasteiger partial charge in [-0.25, -0.2) is 4.79 Å². The number of aliphatic hydroxyl groups excluding tert-OH is 1. The van der Waals surface area contributed by atoms with Crippen LogP contribution in [0.5, 0.6) is 17.2 Å². The molecule has 0 saturated heterocycles. The summed E-state index contributed by atoms with van der Waals surface area (Å²) in [7, 11) is 1.65. The van der Waals surface area contributed by atoms with Crippen molar-refractivity contribution in [3.8, 4) is 17.2 Å². The molecule has 0 spiro atoms. The molecule has 1 aliphatic heterocycles. The number of carbonyl (C=O) groups is 2. The van der Waals surface area contributed by atoms with Crippen molar-refractivity contribution in [2.24, 2.45) is 17.8 Å². The van der Waals surface area contributed by atoms with Gasteiger partial charge in [0, 0.05) is 20.1 Å². The first-order valence-electron chi connectivity index (χ1n) is 13.7. The van der Waals surface area contributed by atoms with Crippen LogP contribution in [-0.4, -0.2) is 73.6 Å². The molecule has 1 heterocycles. The zero-order valence-corrected chi connectivity index (χ0v) is 24.5. The Kier molecular flexibility index (Phi) is 12.6. The number of nitrogens with one attached hydrogen (secondary N) is 1. The van der Waals surface area contributed by atoms with Crippen LogP contribution in [0.25, 0.3) is 0 Å². The summed E-state index contributed by atoms with van der Waals surface area (Å²) in [6, 6.07) is 3.20. The quantitative estimate of drug-likeness (QED) is 0.270. The first-order valence-corrected chi connectivity index (χ1v) is 13.7. The molecule has 0 fully saturated rings. The molecule has 0 aromatic heterocycles. The highest BCUT2D eigenvalue weighted by atomic mass is 16.6. The highest BCUT2D eigenvalue weighted by Crippen LogP contribution is 2.41. The van der Waals surface area contributed by atoms with E-state index < -0.39 is 35.7 Å². The van der Waals surface area contributed by atoms with Gasteiger partial charge in [-0.05, 0) is 69.6 Å². The van der Waals surface area contributed by atoms with Crippen molar-refractivity contribution in [3.63, 3.8) is 0 Å². The van der Waals surface area contributed by atoms with E-state index in [0.29, 0.717) is 56.5 Å². The Bertz CT molecular complexity index is 928. The Balaban J connectivity index is 2.27. The second-order valence-electron chi connectivity index (χ2n) is 11.6. The summed E-state index contributed by atoms with van der Waals surface area (Å²) in [4.78, 5) is 24.1. The Morgan fingerprint density at radius 2 is 1.77 bits per heavy atom. The lowest BCUT2D eigenvalue weighted by atomic mass is 9.82. The van der Waals surface area contributed by atoms with Crippen LogP contribution in [-0.2, 0) is 20.7 Å². The molecule has 10 nitrogen and oxygen atoms in total. The topological polar surface area (TPSA) is 133 Å². The van der Waals surface area contributed by atoms with Crippen LogP contribution in [0.2, 0.25) is 0 Å². The van der Waals surface area contributed by atoms with E-state index in [2.05, 4.69) is 19.2 Å². The minimum Gasteiger partial charge on any atom is -0.489 e. The number of carbonyl (C=O) groups excluding carboxylic acids is 1. The third-order valence-corrected chi connectivity index (χ3v) is 6.60. The predicted molar refractivity (Wildman–Crippen MR) is 147 cm³/mol. The Hall–Kier alpha value is -2.72. The lowest BCUT2D eigenvalue weighted by Crippen LogP contribution is -2.47. The van der Waals surface area contributed by atoms with Gasteiger partial charge in [-0.2, -0.15) is 0 Å². The van der Waals surface area contributed by atoms with Crippen molar-refractivity contribution < 1.29 is 43.5 Å². The Morgan fingerprint density at radius 1 is 1.08 bits per heavy atom. The molecule has 0 aliphatic carbocycles. The van der Waals surface area contributed by atoms with Crippen LogP contribution in [0.4, 0.5) is 4.79 Å². The molecule has 1 amide bonds. The summed E-state index contributed by atoms with van der Waals surface area (Å²) in [5, 5.41) is 23.2. The zero-order valence-electron chi connectivity index (χ0n) is 24.5. The van der Waals surface area contributed by atoms with Crippen LogP contribution >= 0.6 is 0 Å². The summed E-state index contributed by atoms with van der Waals surface area (Å²) in [5.74, 6) is 0.281. The van der Waals surface area contributed by atoms with E-state index in [-0.39, 0.29) is 18.3 Å². The first-order chi connectivity index (χ1) is 18.3. The van der Waals surface area contributed by atoms with Gasteiger partial charge in [0.1, 0.15) is 18.8 Å². The monoisotopic (exact) mass is 553 g/mol. The van der Waals surface area contributed by atoms with Crippen molar-refractivity contribution in [3.05, 3.63) is 17.7 Å². The van der Waals surface area contributed by atoms with Gasteiger partial charge in [0.2, 0.25) is 5.75 Å². The average molecular weight is 554 g/mol. The maximum absolute atomic E-state index is 12.6. The Labute approximate surface area is 232 Å². The van der Waals surface area contributed by atoms with Crippen molar-refractivity contribution in [1.29, 1.82) is 0 Å². The number of alkyl carbamates (subject to hydrolysis) is 1. The van der Waals surface area contributed by atoms with Crippen LogP contribution < -0.4 is 19.5 Å². The molecular formula is C29H47NO9. The van der Waals surface area contributed by atoms with Crippen LogP contribution in [0.1, 0.15) is 66.4 Å². The zero-order chi connectivity index (χ0) is 29.2. The summed E-state index contributed by atoms with van der Waals surface area (Å²) in [6.07, 6.45) is 0.0620. The number of fused-ring (bicyclic) bond motifs is 1. The lowest BCUT2D eigenvalue weighted by molar-refractivity contribution is -0.142. The molecule has 222 valence electrons. The number of hydrogen-bond acceptors (Lipinski definition) is 8. The minimum absolute atomic E-state index is 0.00407. The van der Waals surface area contributed by atoms with Gasteiger partial charge >= 0.3 is 12.1 Å². The van der Waals surface area contributed by atoms with Gasteiger partial charge in [-0.15, -0.1) is 0 Å². The molecule has 10 heteroatoms. The number of amides is 1. The van der Waals surface area contributed by atoms with Gasteiger partial charge < -0.3 is 39.2 Å². The predicted octanol–water partition coefficient (Wildman–Crippen LogP) is 4.44. The van der Waals surface area contributed by atoms with Gasteiger partial charge in [-0.3, -0.25) is 4.79 Å². The van der Waals surface area contributed by atoms with E-state index in [9.17, 15) is 19.8 Å². The molecule has 0 saturated carbocycles. The number of aliphatic carboxylic acids is 1. The highest BCUT2D eigenvalue weighted by molar-refractivity contribution is 5.70. The van der Waals surface area contributed by atoms with Crippen LogP contribution in [0, 0.1) is 17.8 Å². The van der Waals surface area contributed by atoms with Crippen molar-refractivity contribution in [2.45, 2.75) is 85.0 Å². The number of aliphatic hydroxyl groups is 1. The smallest absolute Gasteiger partial charge is 0.407 e. The number of ether oxygens (including phenoxy) is 5. The largest absolute Gasteiger partial charge is 0.489 e. The molecule has 3 N–H and O–H groups in total. The molecule has 1 aliphatic rings. The molecule has 39 heavy (non-hydrogen) atoms. The van der Waals surface area contributed by atoms with Gasteiger partial charge in [-0.1, -0.05) is 20.8 Å². The third-order valence-electron chi connectivity index (χ3n) is 6.60. The number of hydrogen-bond donors (Lipinski definition) is 3. The number of carboxylic acid groups (broad SMARTS) is 1. The number of carboxylic acids is 1. The van der Waals surface area contributed by atoms with Gasteiger partial charge in [0.15, 0.2) is 11.5 Å². The normalized spacial score (nSPS) is 16.2. The third kappa shape index (κ3) is 11.1. The average Bonchev–Trinajstić information content (AvgIpc) is 2.84. The lowest BCUT2D eigenvalue weighted by Gasteiger charge is -2.32. The molecule has 2 rings (SSSR count). The number of rotatable bonds is 15. The van der Waals surface area contributed by atoms with E-state index >= 15 is 0 Å². The second kappa shape index (κ2) is 15.2. The van der Waals surface area contributed by atoms with Gasteiger partial charge in [0.05, 0.1) is 24.7 Å². The van der Waals surface area contributed by atoms with Gasteiger partial charge in [0.25, 0.3) is 0 Å². The first kappa shape index (κ1) is 32.5. The molecule has 0 bridgehead atoms. The fraction of sp³-hybridized carbons (Fsp3) is 0.724. The van der Waals surface area contributed by atoms with Crippen LogP contribution in [0.3, 0.4) is 0 Å². The van der Waals surface area contributed by atoms with Crippen molar-refractivity contribution >= 4 is 12.1 Å². The maximum atomic E-state index is 12.6. The number of benzene rings is 1. The molecular weight excluding hydrogens is 506 g/mol. The van der Waals surface area contributed by atoms with E-state index in [1.807, 2.05) is 12.1 Å². The van der Waals surface area contributed by atoms with E-state index in [4.69, 9.17) is 23.7 Å². The SMILES string of the molecule is COCCCOc1cc(C[C@@H](C[C@H](NC(=O)OC(C)(C)C)[C@@H](O)C[C@@H](C)C(=O)O)C(C)C)cc2c1OCCO2. The summed E-state index contributed by atoms with van der Waals surface area (Å²) >= 11 is 0. The van der Waals surface area contributed by atoms with Crippen LogP contribution in [0.15, 0.2) is 12.1 Å². The maximum Gasteiger partial charge on any atom is 0.407 e. The fourth-order valence-electron chi connectivity index (χ4n) is 4.40. The highest BCUT2D eigenvalue weighted by Gasteiger charge is 2.31. The molecule has 1 aromatic rings. The molecule has 0 unspecified atom stereocenters.